The van der Waals surface area contributed by atoms with Crippen LogP contribution in [0.5, 0.6) is 0 Å². The molecule has 0 saturated heterocycles. The molecule has 2 rings (SSSR count). The fourth-order valence-corrected chi connectivity index (χ4v) is 2.55. The number of carbonyl (C=O) groups is 2. The van der Waals surface area contributed by atoms with Gasteiger partial charge in [-0.2, -0.15) is 0 Å². The maximum Gasteiger partial charge on any atom is 0.308 e. The zero-order chi connectivity index (χ0) is 14.0. The third-order valence-electron chi connectivity index (χ3n) is 2.72. The van der Waals surface area contributed by atoms with Crippen LogP contribution >= 0.6 is 11.3 Å². The van der Waals surface area contributed by atoms with E-state index in [1.165, 1.54) is 30.4 Å². The molecular formula is C13H12FNO3S. The van der Waals surface area contributed by atoms with Crippen LogP contribution in [0.4, 0.5) is 4.39 Å². The first-order valence-electron chi connectivity index (χ1n) is 5.68. The van der Waals surface area contributed by atoms with Crippen molar-refractivity contribution in [2.75, 3.05) is 6.54 Å². The normalized spacial score (nSPS) is 12.3. The van der Waals surface area contributed by atoms with Gasteiger partial charge in [0.2, 0.25) is 0 Å². The summed E-state index contributed by atoms with van der Waals surface area (Å²) in [7, 11) is 0. The monoisotopic (exact) mass is 281 g/mol. The number of carboxylic acids is 1. The van der Waals surface area contributed by atoms with E-state index in [0.29, 0.717) is 15.0 Å². The molecule has 1 amide bonds. The summed E-state index contributed by atoms with van der Waals surface area (Å²) in [4.78, 5) is 22.8. The summed E-state index contributed by atoms with van der Waals surface area (Å²) in [5.41, 5.74) is 0. The van der Waals surface area contributed by atoms with Gasteiger partial charge in [-0.05, 0) is 18.2 Å². The maximum absolute atomic E-state index is 13.5. The van der Waals surface area contributed by atoms with Crippen molar-refractivity contribution in [2.45, 2.75) is 6.92 Å². The lowest BCUT2D eigenvalue weighted by atomic mass is 10.2. The highest BCUT2D eigenvalue weighted by molar-refractivity contribution is 7.20. The topological polar surface area (TPSA) is 66.4 Å². The van der Waals surface area contributed by atoms with Gasteiger partial charge in [-0.15, -0.1) is 11.3 Å². The minimum Gasteiger partial charge on any atom is -0.481 e. The minimum atomic E-state index is -0.970. The molecule has 0 aliphatic rings. The van der Waals surface area contributed by atoms with Gasteiger partial charge in [0.15, 0.2) is 0 Å². The summed E-state index contributed by atoms with van der Waals surface area (Å²) in [6.45, 7) is 1.55. The van der Waals surface area contributed by atoms with Gasteiger partial charge in [0.25, 0.3) is 5.91 Å². The van der Waals surface area contributed by atoms with E-state index in [1.54, 1.807) is 12.1 Å². The molecule has 1 aromatic heterocycles. The molecule has 0 aliphatic heterocycles. The highest BCUT2D eigenvalue weighted by Crippen LogP contribution is 2.27. The lowest BCUT2D eigenvalue weighted by Crippen LogP contribution is -2.30. The number of halogens is 1. The molecule has 4 nitrogen and oxygen atoms in total. The van der Waals surface area contributed by atoms with Crippen molar-refractivity contribution < 1.29 is 19.1 Å². The molecule has 2 N–H and O–H groups in total. The molecule has 0 bridgehead atoms. The van der Waals surface area contributed by atoms with E-state index in [9.17, 15) is 14.0 Å². The maximum atomic E-state index is 13.5. The van der Waals surface area contributed by atoms with Gasteiger partial charge in [0.1, 0.15) is 5.82 Å². The van der Waals surface area contributed by atoms with Gasteiger partial charge in [0, 0.05) is 16.6 Å². The number of hydrogen-bond donors (Lipinski definition) is 2. The Balaban J connectivity index is 2.14. The second-order valence-electron chi connectivity index (χ2n) is 4.21. The summed E-state index contributed by atoms with van der Waals surface area (Å²) in [5, 5.41) is 11.7. The Morgan fingerprint density at radius 2 is 2.21 bits per heavy atom. The van der Waals surface area contributed by atoms with Crippen LogP contribution in [-0.4, -0.2) is 23.5 Å². The average Bonchev–Trinajstić information content (AvgIpc) is 2.80. The minimum absolute atomic E-state index is 0.0465. The van der Waals surface area contributed by atoms with Gasteiger partial charge >= 0.3 is 5.97 Å². The SMILES string of the molecule is CC(CNC(=O)c1cc2c(F)cccc2s1)C(=O)O. The van der Waals surface area contributed by atoms with E-state index in [-0.39, 0.29) is 18.3 Å². The first-order chi connectivity index (χ1) is 8.99. The molecule has 0 aliphatic carbocycles. The Labute approximate surface area is 112 Å². The Morgan fingerprint density at radius 1 is 1.47 bits per heavy atom. The molecule has 1 unspecified atom stereocenters. The Hall–Kier alpha value is -1.95. The van der Waals surface area contributed by atoms with Crippen LogP contribution in [0.1, 0.15) is 16.6 Å². The number of thiophene rings is 1. The van der Waals surface area contributed by atoms with Crippen LogP contribution in [0.3, 0.4) is 0 Å². The Morgan fingerprint density at radius 3 is 2.84 bits per heavy atom. The molecule has 6 heteroatoms. The summed E-state index contributed by atoms with van der Waals surface area (Å²) < 4.78 is 14.2. The van der Waals surface area contributed by atoms with Crippen LogP contribution in [0.2, 0.25) is 0 Å². The van der Waals surface area contributed by atoms with Gasteiger partial charge < -0.3 is 10.4 Å². The predicted octanol–water partition coefficient (Wildman–Crippen LogP) is 2.49. The molecule has 1 heterocycles. The summed E-state index contributed by atoms with van der Waals surface area (Å²) in [5.74, 6) is -2.38. The lowest BCUT2D eigenvalue weighted by molar-refractivity contribution is -0.140. The number of amides is 1. The number of fused-ring (bicyclic) bond motifs is 1. The quantitative estimate of drug-likeness (QED) is 0.904. The number of rotatable bonds is 4. The number of carboxylic acid groups (broad SMARTS) is 1. The van der Waals surface area contributed by atoms with E-state index >= 15 is 0 Å². The summed E-state index contributed by atoms with van der Waals surface area (Å²) >= 11 is 1.18. The summed E-state index contributed by atoms with van der Waals surface area (Å²) in [6.07, 6.45) is 0. The van der Waals surface area contributed by atoms with Crippen molar-refractivity contribution in [2.24, 2.45) is 5.92 Å². The fourth-order valence-electron chi connectivity index (χ4n) is 1.56. The number of carbonyl (C=O) groups excluding carboxylic acids is 1. The van der Waals surface area contributed by atoms with Crippen molar-refractivity contribution in [1.29, 1.82) is 0 Å². The zero-order valence-corrected chi connectivity index (χ0v) is 11.0. The van der Waals surface area contributed by atoms with Gasteiger partial charge in [-0.1, -0.05) is 13.0 Å². The van der Waals surface area contributed by atoms with Gasteiger partial charge in [-0.25, -0.2) is 4.39 Å². The fraction of sp³-hybridized carbons (Fsp3) is 0.231. The third kappa shape index (κ3) is 2.90. The van der Waals surface area contributed by atoms with Crippen molar-refractivity contribution in [3.05, 3.63) is 35.0 Å². The van der Waals surface area contributed by atoms with Crippen LogP contribution in [0.25, 0.3) is 10.1 Å². The smallest absolute Gasteiger partial charge is 0.308 e. The number of hydrogen-bond acceptors (Lipinski definition) is 3. The van der Waals surface area contributed by atoms with E-state index in [2.05, 4.69) is 5.32 Å². The third-order valence-corrected chi connectivity index (χ3v) is 3.82. The second-order valence-corrected chi connectivity index (χ2v) is 5.30. The standard InChI is InChI=1S/C13H12FNO3S/c1-7(13(17)18)6-15-12(16)11-5-8-9(14)3-2-4-10(8)19-11/h2-5,7H,6H2,1H3,(H,15,16)(H,17,18). The molecule has 1 aromatic carbocycles. The number of aliphatic carboxylic acids is 1. The van der Waals surface area contributed by atoms with Crippen LogP contribution in [-0.2, 0) is 4.79 Å². The second kappa shape index (κ2) is 5.36. The average molecular weight is 281 g/mol. The van der Waals surface area contributed by atoms with Crippen LogP contribution in [0, 0.1) is 11.7 Å². The molecule has 19 heavy (non-hydrogen) atoms. The lowest BCUT2D eigenvalue weighted by Gasteiger charge is -2.06. The van der Waals surface area contributed by atoms with Crippen molar-refractivity contribution >= 4 is 33.3 Å². The van der Waals surface area contributed by atoms with E-state index in [0.717, 1.165) is 0 Å². The van der Waals surface area contributed by atoms with Crippen LogP contribution in [0.15, 0.2) is 24.3 Å². The van der Waals surface area contributed by atoms with E-state index in [1.807, 2.05) is 0 Å². The molecule has 0 saturated carbocycles. The van der Waals surface area contributed by atoms with E-state index < -0.39 is 11.9 Å². The molecule has 2 aromatic rings. The number of nitrogens with one attached hydrogen (secondary N) is 1. The Bertz CT molecular complexity index is 638. The van der Waals surface area contributed by atoms with Gasteiger partial charge in [0.05, 0.1) is 10.8 Å². The predicted molar refractivity (Wildman–Crippen MR) is 70.9 cm³/mol. The van der Waals surface area contributed by atoms with Gasteiger partial charge in [-0.3, -0.25) is 9.59 Å². The van der Waals surface area contributed by atoms with Crippen LogP contribution < -0.4 is 5.32 Å². The molecular weight excluding hydrogens is 269 g/mol. The first kappa shape index (κ1) is 13.5. The highest BCUT2D eigenvalue weighted by Gasteiger charge is 2.15. The van der Waals surface area contributed by atoms with E-state index in [4.69, 9.17) is 5.11 Å². The van der Waals surface area contributed by atoms with Crippen molar-refractivity contribution in [1.82, 2.24) is 5.32 Å². The first-order valence-corrected chi connectivity index (χ1v) is 6.49. The molecule has 0 radical (unpaired) electrons. The molecule has 0 spiro atoms. The zero-order valence-electron chi connectivity index (χ0n) is 10.1. The van der Waals surface area contributed by atoms with Crippen molar-refractivity contribution in [3.63, 3.8) is 0 Å². The molecule has 0 fully saturated rings. The summed E-state index contributed by atoms with van der Waals surface area (Å²) in [6, 6.07) is 6.14. The molecule has 100 valence electrons. The largest absolute Gasteiger partial charge is 0.481 e. The molecule has 1 atom stereocenters. The Kier molecular flexibility index (Phi) is 3.80. The number of benzene rings is 1. The highest BCUT2D eigenvalue weighted by atomic mass is 32.1. The van der Waals surface area contributed by atoms with Crippen molar-refractivity contribution in [3.8, 4) is 0 Å².